The molecular formula is C14H27N3O3. The number of rotatable bonds is 9. The first-order chi connectivity index (χ1) is 9.54. The number of ether oxygens (including phenoxy) is 1. The summed E-state index contributed by atoms with van der Waals surface area (Å²) in [6.45, 7) is 3.50. The minimum atomic E-state index is -0.190. The van der Waals surface area contributed by atoms with E-state index in [0.717, 1.165) is 25.9 Å². The first kappa shape index (κ1) is 16.9. The molecule has 0 saturated carbocycles. The largest absolute Gasteiger partial charge is 0.385 e. The van der Waals surface area contributed by atoms with Crippen LogP contribution in [0.25, 0.3) is 0 Å². The highest BCUT2D eigenvalue weighted by molar-refractivity contribution is 5.89. The minimum Gasteiger partial charge on any atom is -0.385 e. The monoisotopic (exact) mass is 285 g/mol. The van der Waals surface area contributed by atoms with Crippen molar-refractivity contribution in [1.29, 1.82) is 0 Å². The van der Waals surface area contributed by atoms with Crippen LogP contribution in [0.2, 0.25) is 0 Å². The summed E-state index contributed by atoms with van der Waals surface area (Å²) >= 11 is 0. The van der Waals surface area contributed by atoms with E-state index < -0.39 is 0 Å². The number of likely N-dealkylation sites (tertiary alicyclic amines) is 1. The van der Waals surface area contributed by atoms with Crippen molar-refractivity contribution in [3.05, 3.63) is 0 Å². The van der Waals surface area contributed by atoms with Crippen molar-refractivity contribution >= 4 is 11.8 Å². The van der Waals surface area contributed by atoms with Gasteiger partial charge in [0.15, 0.2) is 0 Å². The smallest absolute Gasteiger partial charge is 0.225 e. The Bertz CT molecular complexity index is 321. The Morgan fingerprint density at radius 2 is 2.20 bits per heavy atom. The molecule has 0 aromatic carbocycles. The maximum Gasteiger partial charge on any atom is 0.225 e. The van der Waals surface area contributed by atoms with E-state index in [1.165, 1.54) is 0 Å². The maximum absolute atomic E-state index is 11.9. The van der Waals surface area contributed by atoms with Crippen LogP contribution in [0.1, 0.15) is 19.3 Å². The lowest BCUT2D eigenvalue weighted by Gasteiger charge is -2.18. The molecule has 1 fully saturated rings. The predicted molar refractivity (Wildman–Crippen MR) is 77.4 cm³/mol. The van der Waals surface area contributed by atoms with Crippen LogP contribution in [0.5, 0.6) is 0 Å². The van der Waals surface area contributed by atoms with E-state index in [9.17, 15) is 9.59 Å². The van der Waals surface area contributed by atoms with Crippen LogP contribution in [0.4, 0.5) is 0 Å². The number of carbonyl (C=O) groups excluding carboxylic acids is 2. The molecule has 1 heterocycles. The second-order valence-electron chi connectivity index (χ2n) is 5.54. The number of hydrogen-bond donors (Lipinski definition) is 1. The summed E-state index contributed by atoms with van der Waals surface area (Å²) in [7, 11) is 5.67. The second-order valence-corrected chi connectivity index (χ2v) is 5.54. The van der Waals surface area contributed by atoms with Crippen molar-refractivity contribution in [1.82, 2.24) is 15.1 Å². The normalized spacial score (nSPS) is 18.9. The third-order valence-electron chi connectivity index (χ3n) is 3.44. The van der Waals surface area contributed by atoms with Gasteiger partial charge in [0.05, 0.1) is 5.92 Å². The van der Waals surface area contributed by atoms with Crippen LogP contribution < -0.4 is 5.32 Å². The third kappa shape index (κ3) is 5.88. The summed E-state index contributed by atoms with van der Waals surface area (Å²) in [5, 5.41) is 2.87. The highest BCUT2D eigenvalue weighted by Gasteiger charge is 2.33. The SMILES string of the molecule is COCCCNC(=O)C1CC(=O)N(CCCN(C)C)C1. The van der Waals surface area contributed by atoms with E-state index in [4.69, 9.17) is 4.74 Å². The van der Waals surface area contributed by atoms with Crippen molar-refractivity contribution in [3.8, 4) is 0 Å². The van der Waals surface area contributed by atoms with E-state index in [1.54, 1.807) is 7.11 Å². The molecule has 2 amide bonds. The quantitative estimate of drug-likeness (QED) is 0.603. The third-order valence-corrected chi connectivity index (χ3v) is 3.44. The van der Waals surface area contributed by atoms with Gasteiger partial charge in [-0.1, -0.05) is 0 Å². The molecule has 20 heavy (non-hydrogen) atoms. The summed E-state index contributed by atoms with van der Waals surface area (Å²) in [5.41, 5.74) is 0. The summed E-state index contributed by atoms with van der Waals surface area (Å²) < 4.78 is 4.93. The zero-order valence-corrected chi connectivity index (χ0v) is 12.9. The van der Waals surface area contributed by atoms with Gasteiger partial charge in [0.25, 0.3) is 0 Å². The lowest BCUT2D eigenvalue weighted by molar-refractivity contribution is -0.129. The standard InChI is InChI=1S/C14H27N3O3/c1-16(2)7-5-8-17-11-12(10-13(17)18)14(19)15-6-4-9-20-3/h12H,4-11H2,1-3H3,(H,15,19). The highest BCUT2D eigenvalue weighted by atomic mass is 16.5. The molecule has 1 rings (SSSR count). The first-order valence-electron chi connectivity index (χ1n) is 7.23. The first-order valence-corrected chi connectivity index (χ1v) is 7.23. The van der Waals surface area contributed by atoms with Gasteiger partial charge in [-0.3, -0.25) is 9.59 Å². The van der Waals surface area contributed by atoms with Gasteiger partial charge in [-0.15, -0.1) is 0 Å². The Labute approximate surface area is 121 Å². The Hall–Kier alpha value is -1.14. The van der Waals surface area contributed by atoms with E-state index in [1.807, 2.05) is 19.0 Å². The van der Waals surface area contributed by atoms with Crippen LogP contribution in [0.3, 0.4) is 0 Å². The summed E-state index contributed by atoms with van der Waals surface area (Å²) in [6, 6.07) is 0. The summed E-state index contributed by atoms with van der Waals surface area (Å²) in [6.07, 6.45) is 2.09. The number of methoxy groups -OCH3 is 1. The number of nitrogens with one attached hydrogen (secondary N) is 1. The Balaban J connectivity index is 2.25. The van der Waals surface area contributed by atoms with Crippen molar-refractivity contribution in [2.24, 2.45) is 5.92 Å². The van der Waals surface area contributed by atoms with E-state index >= 15 is 0 Å². The molecule has 1 atom stereocenters. The zero-order valence-electron chi connectivity index (χ0n) is 12.9. The molecule has 1 aliphatic rings. The van der Waals surface area contributed by atoms with E-state index in [0.29, 0.717) is 26.1 Å². The molecule has 1 saturated heterocycles. The van der Waals surface area contributed by atoms with Gasteiger partial charge in [-0.25, -0.2) is 0 Å². The molecule has 1 unspecified atom stereocenters. The summed E-state index contributed by atoms with van der Waals surface area (Å²) in [4.78, 5) is 27.7. The average Bonchev–Trinajstić information content (AvgIpc) is 2.76. The molecule has 0 radical (unpaired) electrons. The molecule has 0 spiro atoms. The number of hydrogen-bond acceptors (Lipinski definition) is 4. The molecular weight excluding hydrogens is 258 g/mol. The lowest BCUT2D eigenvalue weighted by atomic mass is 10.1. The van der Waals surface area contributed by atoms with Gasteiger partial charge in [0.2, 0.25) is 11.8 Å². The topological polar surface area (TPSA) is 61.9 Å². The number of nitrogens with zero attached hydrogens (tertiary/aromatic N) is 2. The molecule has 1 N–H and O–H groups in total. The highest BCUT2D eigenvalue weighted by Crippen LogP contribution is 2.18. The van der Waals surface area contributed by atoms with Crippen LogP contribution in [0, 0.1) is 5.92 Å². The molecule has 6 nitrogen and oxygen atoms in total. The molecule has 0 aromatic heterocycles. The van der Waals surface area contributed by atoms with Crippen molar-refractivity contribution in [3.63, 3.8) is 0 Å². The van der Waals surface area contributed by atoms with Gasteiger partial charge < -0.3 is 19.9 Å². The van der Waals surface area contributed by atoms with Crippen LogP contribution in [-0.4, -0.2) is 75.6 Å². The van der Waals surface area contributed by atoms with Crippen LogP contribution in [0.15, 0.2) is 0 Å². The molecule has 0 aliphatic carbocycles. The molecule has 0 bridgehead atoms. The Morgan fingerprint density at radius 3 is 2.85 bits per heavy atom. The number of amides is 2. The lowest BCUT2D eigenvalue weighted by Crippen LogP contribution is -2.34. The molecule has 116 valence electrons. The molecule has 0 aromatic rings. The maximum atomic E-state index is 11.9. The van der Waals surface area contributed by atoms with E-state index in [-0.39, 0.29) is 17.7 Å². The van der Waals surface area contributed by atoms with Gasteiger partial charge in [-0.05, 0) is 33.5 Å². The van der Waals surface area contributed by atoms with Crippen molar-refractivity contribution in [2.45, 2.75) is 19.3 Å². The fraction of sp³-hybridized carbons (Fsp3) is 0.857. The minimum absolute atomic E-state index is 0.00966. The van der Waals surface area contributed by atoms with E-state index in [2.05, 4.69) is 10.2 Å². The van der Waals surface area contributed by atoms with Crippen LogP contribution in [-0.2, 0) is 14.3 Å². The second kappa shape index (κ2) is 8.92. The number of carbonyl (C=O) groups is 2. The predicted octanol–water partition coefficient (Wildman–Crippen LogP) is -0.0607. The Kier molecular flexibility index (Phi) is 7.54. The van der Waals surface area contributed by atoms with Gasteiger partial charge >= 0.3 is 0 Å². The fourth-order valence-electron chi connectivity index (χ4n) is 2.31. The van der Waals surface area contributed by atoms with Gasteiger partial charge in [0, 0.05) is 39.8 Å². The molecule has 6 heteroatoms. The molecule has 1 aliphatic heterocycles. The van der Waals surface area contributed by atoms with Gasteiger partial charge in [0.1, 0.15) is 0 Å². The summed E-state index contributed by atoms with van der Waals surface area (Å²) in [5.74, 6) is -0.102. The Morgan fingerprint density at radius 1 is 1.45 bits per heavy atom. The van der Waals surface area contributed by atoms with Crippen LogP contribution >= 0.6 is 0 Å². The zero-order chi connectivity index (χ0) is 15.0. The van der Waals surface area contributed by atoms with Gasteiger partial charge in [-0.2, -0.15) is 0 Å². The van der Waals surface area contributed by atoms with Crippen molar-refractivity contribution < 1.29 is 14.3 Å². The average molecular weight is 285 g/mol. The van der Waals surface area contributed by atoms with Crippen molar-refractivity contribution in [2.75, 3.05) is 54.0 Å². The fourth-order valence-corrected chi connectivity index (χ4v) is 2.31.